The van der Waals surface area contributed by atoms with Gasteiger partial charge in [-0.3, -0.25) is 14.3 Å². The van der Waals surface area contributed by atoms with E-state index in [1.807, 2.05) is 48.5 Å². The number of methoxy groups -OCH3 is 1. The molecule has 0 radical (unpaired) electrons. The largest absolute Gasteiger partial charge is 0.494 e. The number of rotatable bonds is 5. The maximum Gasteiger partial charge on any atom is 0.299 e. The smallest absolute Gasteiger partial charge is 0.299 e. The van der Waals surface area contributed by atoms with E-state index >= 15 is 0 Å². The molecule has 0 amide bonds. The van der Waals surface area contributed by atoms with E-state index < -0.39 is 0 Å². The Morgan fingerprint density at radius 2 is 1.68 bits per heavy atom. The Bertz CT molecular complexity index is 1290. The third-order valence-electron chi connectivity index (χ3n) is 5.61. The van der Waals surface area contributed by atoms with Gasteiger partial charge in [0.15, 0.2) is 17.1 Å². The number of carbonyl (C=O) groups is 1. The molecule has 2 aromatic carbocycles. The maximum atomic E-state index is 13.0. The van der Waals surface area contributed by atoms with Crippen molar-refractivity contribution in [3.8, 4) is 5.69 Å². The lowest BCUT2D eigenvalue weighted by Crippen LogP contribution is -2.19. The zero-order valence-electron chi connectivity index (χ0n) is 18.2. The van der Waals surface area contributed by atoms with Gasteiger partial charge in [-0.25, -0.2) is 4.68 Å². The van der Waals surface area contributed by atoms with E-state index in [1.54, 1.807) is 18.7 Å². The first kappa shape index (κ1) is 20.5. The van der Waals surface area contributed by atoms with E-state index in [9.17, 15) is 9.59 Å². The topological polar surface area (TPSA) is 78.0 Å². The van der Waals surface area contributed by atoms with Gasteiger partial charge in [-0.1, -0.05) is 44.2 Å². The minimum absolute atomic E-state index is 0.104. The van der Waals surface area contributed by atoms with Gasteiger partial charge in [-0.05, 0) is 36.6 Å². The summed E-state index contributed by atoms with van der Waals surface area (Å²) in [6.45, 7) is 5.94. The van der Waals surface area contributed by atoms with Crippen molar-refractivity contribution in [2.45, 2.75) is 26.7 Å². The molecule has 0 fully saturated rings. The summed E-state index contributed by atoms with van der Waals surface area (Å²) in [6.07, 6.45) is 0. The van der Waals surface area contributed by atoms with E-state index in [-0.39, 0.29) is 28.6 Å². The first-order valence-electron chi connectivity index (χ1n) is 10.1. The minimum atomic E-state index is -0.306. The molecule has 1 aliphatic rings. The second-order valence-electron chi connectivity index (χ2n) is 7.78. The Morgan fingerprint density at radius 1 is 0.968 bits per heavy atom. The van der Waals surface area contributed by atoms with Crippen LogP contribution in [-0.4, -0.2) is 22.3 Å². The summed E-state index contributed by atoms with van der Waals surface area (Å²) in [6, 6.07) is 15.0. The van der Waals surface area contributed by atoms with Crippen LogP contribution in [0.15, 0.2) is 69.3 Å². The molecule has 0 spiro atoms. The van der Waals surface area contributed by atoms with Crippen LogP contribution in [0.5, 0.6) is 0 Å². The van der Waals surface area contributed by atoms with Crippen LogP contribution in [0.1, 0.15) is 46.9 Å². The summed E-state index contributed by atoms with van der Waals surface area (Å²) in [5.74, 6) is 0.407. The number of fused-ring (bicyclic) bond motifs is 1. The number of aromatic nitrogens is 2. The molecule has 31 heavy (non-hydrogen) atoms. The van der Waals surface area contributed by atoms with Crippen molar-refractivity contribution in [3.63, 3.8) is 0 Å². The molecule has 7 nitrogen and oxygen atoms in total. The molecular weight excluding hydrogens is 392 g/mol. The molecule has 0 N–H and O–H groups in total. The summed E-state index contributed by atoms with van der Waals surface area (Å²) < 4.78 is 8.73. The quantitative estimate of drug-likeness (QED) is 0.555. The molecule has 0 saturated heterocycles. The lowest BCUT2D eigenvalue weighted by Gasteiger charge is -2.08. The van der Waals surface area contributed by atoms with Crippen LogP contribution in [0.3, 0.4) is 0 Å². The predicted molar refractivity (Wildman–Crippen MR) is 119 cm³/mol. The van der Waals surface area contributed by atoms with E-state index in [0.29, 0.717) is 22.6 Å². The SMILES string of the molecule is COC1=C(N=Nc2c(C)n(C)n(-c3ccccc3)c2=O)C(=O)c2cc(C(C)C)ccc21. The van der Waals surface area contributed by atoms with Gasteiger partial charge in [0, 0.05) is 18.2 Å². The summed E-state index contributed by atoms with van der Waals surface area (Å²) in [5, 5.41) is 8.38. The Hall–Kier alpha value is -3.74. The first-order valence-corrected chi connectivity index (χ1v) is 10.1. The highest BCUT2D eigenvalue weighted by atomic mass is 16.5. The van der Waals surface area contributed by atoms with Crippen molar-refractivity contribution < 1.29 is 9.53 Å². The van der Waals surface area contributed by atoms with Crippen molar-refractivity contribution in [2.24, 2.45) is 17.3 Å². The van der Waals surface area contributed by atoms with Crippen LogP contribution in [0.4, 0.5) is 5.69 Å². The zero-order chi connectivity index (χ0) is 22.3. The lowest BCUT2D eigenvalue weighted by molar-refractivity contribution is 0.103. The number of azo groups is 1. The number of Topliss-reactive ketones (excluding diaryl/α,β-unsaturated/α-hetero) is 1. The van der Waals surface area contributed by atoms with Gasteiger partial charge in [-0.2, -0.15) is 0 Å². The second kappa shape index (κ2) is 7.83. The zero-order valence-corrected chi connectivity index (χ0v) is 18.2. The molecule has 0 unspecified atom stereocenters. The summed E-state index contributed by atoms with van der Waals surface area (Å²) >= 11 is 0. The number of para-hydroxylation sites is 1. The summed E-state index contributed by atoms with van der Waals surface area (Å²) in [7, 11) is 3.28. The predicted octanol–water partition coefficient (Wildman–Crippen LogP) is 4.90. The molecule has 1 aliphatic carbocycles. The fraction of sp³-hybridized carbons (Fsp3) is 0.250. The highest BCUT2D eigenvalue weighted by Gasteiger charge is 2.32. The van der Waals surface area contributed by atoms with E-state index in [0.717, 1.165) is 11.3 Å². The molecule has 4 rings (SSSR count). The van der Waals surface area contributed by atoms with Crippen molar-refractivity contribution in [2.75, 3.05) is 7.11 Å². The second-order valence-corrected chi connectivity index (χ2v) is 7.78. The molecule has 3 aromatic rings. The Morgan fingerprint density at radius 3 is 2.32 bits per heavy atom. The van der Waals surface area contributed by atoms with Gasteiger partial charge >= 0.3 is 0 Å². The lowest BCUT2D eigenvalue weighted by atomic mass is 9.98. The first-order chi connectivity index (χ1) is 14.8. The van der Waals surface area contributed by atoms with Crippen LogP contribution in [0.25, 0.3) is 11.4 Å². The van der Waals surface area contributed by atoms with Crippen LogP contribution < -0.4 is 5.56 Å². The highest BCUT2D eigenvalue weighted by molar-refractivity contribution is 6.19. The van der Waals surface area contributed by atoms with Gasteiger partial charge < -0.3 is 4.74 Å². The normalized spacial score (nSPS) is 13.5. The molecule has 7 heteroatoms. The monoisotopic (exact) mass is 416 g/mol. The fourth-order valence-corrected chi connectivity index (χ4v) is 3.73. The van der Waals surface area contributed by atoms with E-state index in [1.165, 1.54) is 11.8 Å². The summed E-state index contributed by atoms with van der Waals surface area (Å²) in [4.78, 5) is 26.1. The molecule has 0 atom stereocenters. The Labute approximate surface area is 180 Å². The number of ketones is 1. The van der Waals surface area contributed by atoms with Gasteiger partial charge in [-0.15, -0.1) is 10.2 Å². The van der Waals surface area contributed by atoms with Gasteiger partial charge in [0.05, 0.1) is 18.5 Å². The number of ether oxygens (including phenoxy) is 1. The van der Waals surface area contributed by atoms with Crippen molar-refractivity contribution in [1.29, 1.82) is 0 Å². The number of allylic oxidation sites excluding steroid dienone is 1. The fourth-order valence-electron chi connectivity index (χ4n) is 3.73. The number of hydrogen-bond acceptors (Lipinski definition) is 5. The van der Waals surface area contributed by atoms with Crippen LogP contribution >= 0.6 is 0 Å². The minimum Gasteiger partial charge on any atom is -0.494 e. The van der Waals surface area contributed by atoms with Crippen molar-refractivity contribution in [3.05, 3.63) is 87.0 Å². The third kappa shape index (κ3) is 3.32. The van der Waals surface area contributed by atoms with Gasteiger partial charge in [0.1, 0.15) is 0 Å². The average Bonchev–Trinajstić information content (AvgIpc) is 3.16. The van der Waals surface area contributed by atoms with Gasteiger partial charge in [0.25, 0.3) is 5.56 Å². The Kier molecular flexibility index (Phi) is 5.19. The van der Waals surface area contributed by atoms with Crippen LogP contribution in [0, 0.1) is 6.92 Å². The number of benzene rings is 2. The van der Waals surface area contributed by atoms with E-state index in [4.69, 9.17) is 4.74 Å². The number of carbonyl (C=O) groups excluding carboxylic acids is 1. The van der Waals surface area contributed by atoms with E-state index in [2.05, 4.69) is 24.1 Å². The third-order valence-corrected chi connectivity index (χ3v) is 5.61. The molecule has 158 valence electrons. The standard InChI is InChI=1S/C24H24N4O3/c1-14(2)16-11-12-18-19(13-16)22(29)21(23(18)31-5)26-25-20-15(3)27(4)28(24(20)30)17-9-7-6-8-10-17/h6-14H,1-5H3. The molecule has 0 aliphatic heterocycles. The Balaban J connectivity index is 1.77. The number of nitrogens with zero attached hydrogens (tertiary/aromatic N) is 4. The van der Waals surface area contributed by atoms with Crippen molar-refractivity contribution >= 4 is 17.2 Å². The number of hydrogen-bond donors (Lipinski definition) is 0. The molecule has 1 aromatic heterocycles. The molecular formula is C24H24N4O3. The molecule has 0 bridgehead atoms. The van der Waals surface area contributed by atoms with Crippen LogP contribution in [-0.2, 0) is 11.8 Å². The van der Waals surface area contributed by atoms with Crippen LogP contribution in [0.2, 0.25) is 0 Å². The molecule has 0 saturated carbocycles. The average molecular weight is 416 g/mol. The highest BCUT2D eigenvalue weighted by Crippen LogP contribution is 2.36. The van der Waals surface area contributed by atoms with Gasteiger partial charge in [0.2, 0.25) is 5.78 Å². The molecule has 1 heterocycles. The summed E-state index contributed by atoms with van der Waals surface area (Å²) in [5.41, 5.74) is 3.64. The maximum absolute atomic E-state index is 13.0. The van der Waals surface area contributed by atoms with Crippen molar-refractivity contribution in [1.82, 2.24) is 9.36 Å².